The van der Waals surface area contributed by atoms with Crippen LogP contribution in [0.1, 0.15) is 73.5 Å². The lowest BCUT2D eigenvalue weighted by atomic mass is 9.56. The highest BCUT2D eigenvalue weighted by Crippen LogP contribution is 2.56. The van der Waals surface area contributed by atoms with Gasteiger partial charge < -0.3 is 19.4 Å². The first kappa shape index (κ1) is 32.1. The average Bonchev–Trinajstić information content (AvgIpc) is 3.67. The number of ether oxygens (including phenoxy) is 2. The van der Waals surface area contributed by atoms with E-state index in [1.165, 1.54) is 52.3 Å². The summed E-state index contributed by atoms with van der Waals surface area (Å²) in [4.78, 5) is 40.6. The third-order valence-corrected chi connectivity index (χ3v) is 13.9. The van der Waals surface area contributed by atoms with Crippen LogP contribution in [0.25, 0.3) is 21.8 Å². The molecule has 6 heterocycles. The largest absolute Gasteiger partial charge is 0.469 e. The van der Waals surface area contributed by atoms with E-state index in [2.05, 4.69) is 89.2 Å². The molecule has 4 aliphatic heterocycles. The Balaban J connectivity index is 1.24. The molecule has 2 aliphatic carbocycles. The molecule has 0 radical (unpaired) electrons. The van der Waals surface area contributed by atoms with Gasteiger partial charge in [0.1, 0.15) is 5.41 Å². The van der Waals surface area contributed by atoms with Crippen molar-refractivity contribution in [2.24, 2.45) is 23.7 Å². The molecular formula is C42H50N4O4. The summed E-state index contributed by atoms with van der Waals surface area (Å²) in [5.41, 5.74) is 9.04. The Kier molecular flexibility index (Phi) is 7.59. The van der Waals surface area contributed by atoms with Crippen molar-refractivity contribution in [1.82, 2.24) is 19.8 Å². The number of likely N-dealkylation sites (tertiary alicyclic amines) is 1. The fourth-order valence-electron chi connectivity index (χ4n) is 11.8. The van der Waals surface area contributed by atoms with E-state index < -0.39 is 5.41 Å². The molecule has 3 saturated heterocycles. The fraction of sp³-hybridized carbons (Fsp3) is 0.524. The standard InChI is InChI=1S/C42H50N4O4/c1-6-24-16-23-20-42(41(48)50-5)38-28(14-15-46(21-23)39(24)42)31-17-26(12-13-34(31)44-38)30-18-29-25(7-2)22-45(3)35(36(29)40(47)49-4)19-32-27-10-8-9-11-33(27)43-37(30)32/h7-13,17,23-24,29-30,35-36,39,43-44H,6,14-16,18-22H2,1-5H3/b25-7+/t23-,24+,29-,30+,35-,36+,39+,42-/m0/s1. The highest BCUT2D eigenvalue weighted by atomic mass is 16.5. The lowest BCUT2D eigenvalue weighted by Gasteiger charge is -2.57. The zero-order chi connectivity index (χ0) is 34.5. The van der Waals surface area contributed by atoms with Gasteiger partial charge in [-0.15, -0.1) is 0 Å². The number of rotatable bonds is 4. The molecule has 1 saturated carbocycles. The first-order valence-electron chi connectivity index (χ1n) is 18.8. The minimum atomic E-state index is -0.677. The van der Waals surface area contributed by atoms with Crippen molar-refractivity contribution in [2.45, 2.75) is 75.8 Å². The normalized spacial score (nSPS) is 34.1. The number of hydrogen-bond acceptors (Lipinski definition) is 6. The van der Waals surface area contributed by atoms with E-state index in [0.717, 1.165) is 68.5 Å². The zero-order valence-electron chi connectivity index (χ0n) is 30.1. The number of aromatic amines is 2. The number of carbonyl (C=O) groups excluding carboxylic acids is 2. The second-order valence-corrected chi connectivity index (χ2v) is 16.0. The molecule has 0 spiro atoms. The van der Waals surface area contributed by atoms with Crippen LogP contribution in [0.4, 0.5) is 0 Å². The summed E-state index contributed by atoms with van der Waals surface area (Å²) in [6.07, 6.45) is 7.84. The van der Waals surface area contributed by atoms with Crippen LogP contribution in [0.15, 0.2) is 54.1 Å². The maximum atomic E-state index is 14.1. The number of H-pyrrole nitrogens is 2. The van der Waals surface area contributed by atoms with Crippen LogP contribution in [0.2, 0.25) is 0 Å². The monoisotopic (exact) mass is 674 g/mol. The van der Waals surface area contributed by atoms with Gasteiger partial charge >= 0.3 is 11.9 Å². The van der Waals surface area contributed by atoms with Gasteiger partial charge in [0.15, 0.2) is 0 Å². The Morgan fingerprint density at radius 2 is 1.84 bits per heavy atom. The summed E-state index contributed by atoms with van der Waals surface area (Å²) in [7, 11) is 5.25. The van der Waals surface area contributed by atoms with Crippen molar-refractivity contribution in [3.8, 4) is 0 Å². The minimum Gasteiger partial charge on any atom is -0.469 e. The molecule has 1 unspecified atom stereocenters. The lowest BCUT2D eigenvalue weighted by molar-refractivity contribution is -0.162. The number of para-hydroxylation sites is 1. The molecule has 2 aromatic heterocycles. The second-order valence-electron chi connectivity index (χ2n) is 16.0. The highest BCUT2D eigenvalue weighted by Gasteiger charge is 2.62. The number of hydrogen-bond donors (Lipinski definition) is 2. The number of esters is 2. The molecular weight excluding hydrogens is 624 g/mol. The Labute approximate surface area is 294 Å². The molecule has 8 nitrogen and oxygen atoms in total. The Hall–Kier alpha value is -3.88. The zero-order valence-corrected chi connectivity index (χ0v) is 30.1. The summed E-state index contributed by atoms with van der Waals surface area (Å²) in [6.45, 7) is 7.27. The lowest BCUT2D eigenvalue weighted by Crippen LogP contribution is -2.67. The topological polar surface area (TPSA) is 90.7 Å². The smallest absolute Gasteiger partial charge is 0.319 e. The quantitative estimate of drug-likeness (QED) is 0.190. The molecule has 50 heavy (non-hydrogen) atoms. The summed E-state index contributed by atoms with van der Waals surface area (Å²) in [6, 6.07) is 15.8. The van der Waals surface area contributed by atoms with Crippen LogP contribution in [-0.4, -0.2) is 84.7 Å². The van der Waals surface area contributed by atoms with Gasteiger partial charge in [-0.2, -0.15) is 0 Å². The number of likely N-dealkylation sites (N-methyl/N-ethyl adjacent to an activating group) is 1. The number of benzene rings is 2. The number of aromatic nitrogens is 2. The van der Waals surface area contributed by atoms with Gasteiger partial charge in [0.25, 0.3) is 0 Å². The van der Waals surface area contributed by atoms with Gasteiger partial charge in [-0.05, 0) is 98.7 Å². The van der Waals surface area contributed by atoms with Crippen LogP contribution < -0.4 is 0 Å². The summed E-state index contributed by atoms with van der Waals surface area (Å²) >= 11 is 0. The van der Waals surface area contributed by atoms with Gasteiger partial charge in [0.2, 0.25) is 0 Å². The number of carbonyl (C=O) groups is 2. The molecule has 6 aliphatic rings. The minimum absolute atomic E-state index is 0.0455. The van der Waals surface area contributed by atoms with Crippen molar-refractivity contribution in [1.29, 1.82) is 0 Å². The van der Waals surface area contributed by atoms with Crippen molar-refractivity contribution >= 4 is 33.7 Å². The fourth-order valence-corrected chi connectivity index (χ4v) is 11.8. The van der Waals surface area contributed by atoms with Crippen molar-refractivity contribution in [3.05, 3.63) is 82.2 Å². The van der Waals surface area contributed by atoms with Gasteiger partial charge in [0.05, 0.1) is 20.1 Å². The molecule has 262 valence electrons. The van der Waals surface area contributed by atoms with E-state index in [1.807, 2.05) is 0 Å². The van der Waals surface area contributed by atoms with E-state index in [1.54, 1.807) is 7.11 Å². The number of piperidine rings is 3. The maximum Gasteiger partial charge on any atom is 0.319 e. The Morgan fingerprint density at radius 3 is 2.62 bits per heavy atom. The van der Waals surface area contributed by atoms with Crippen molar-refractivity contribution in [3.63, 3.8) is 0 Å². The molecule has 9 atom stereocenters. The average molecular weight is 675 g/mol. The molecule has 8 heteroatoms. The maximum absolute atomic E-state index is 14.1. The summed E-state index contributed by atoms with van der Waals surface area (Å²) < 4.78 is 11.2. The van der Waals surface area contributed by atoms with Crippen molar-refractivity contribution < 1.29 is 19.1 Å². The van der Waals surface area contributed by atoms with E-state index in [9.17, 15) is 9.59 Å². The molecule has 4 fully saturated rings. The predicted molar refractivity (Wildman–Crippen MR) is 195 cm³/mol. The third-order valence-electron chi connectivity index (χ3n) is 13.9. The van der Waals surface area contributed by atoms with Gasteiger partial charge in [0, 0.05) is 70.8 Å². The molecule has 2 N–H and O–H groups in total. The number of fused-ring (bicyclic) bond motifs is 9. The van der Waals surface area contributed by atoms with Crippen LogP contribution >= 0.6 is 0 Å². The van der Waals surface area contributed by atoms with Gasteiger partial charge in [-0.25, -0.2) is 0 Å². The molecule has 6 bridgehead atoms. The highest BCUT2D eigenvalue weighted by molar-refractivity contribution is 5.92. The predicted octanol–water partition coefficient (Wildman–Crippen LogP) is 6.48. The third kappa shape index (κ3) is 4.43. The SMILES string of the molecule is C/C=C1\CN(C)[C@H]2Cc3c([nH]c4ccccc34)[C@@H](c3ccc4[nH]c5c(c4c3)CCN3C[C@H]4C[C@@H](CC)[C@@H]3[C@]5(C(=O)OC)C4)C[C@@H]1[C@H]2C(=O)OC. The Bertz CT molecular complexity index is 2040. The molecule has 10 rings (SSSR count). The van der Waals surface area contributed by atoms with Crippen LogP contribution in [0.3, 0.4) is 0 Å². The number of methoxy groups -OCH3 is 2. The van der Waals surface area contributed by atoms with Crippen LogP contribution in [0.5, 0.6) is 0 Å². The second kappa shape index (κ2) is 11.8. The first-order chi connectivity index (χ1) is 24.3. The molecule has 2 aromatic carbocycles. The summed E-state index contributed by atoms with van der Waals surface area (Å²) in [5.74, 6) is 0.629. The summed E-state index contributed by atoms with van der Waals surface area (Å²) in [5, 5.41) is 2.45. The van der Waals surface area contributed by atoms with Gasteiger partial charge in [-0.3, -0.25) is 19.4 Å². The number of allylic oxidation sites excluding steroid dienone is 1. The Morgan fingerprint density at radius 1 is 1.02 bits per heavy atom. The van der Waals surface area contributed by atoms with Gasteiger partial charge in [-0.1, -0.05) is 49.3 Å². The first-order valence-corrected chi connectivity index (χ1v) is 18.8. The molecule has 4 aromatic rings. The van der Waals surface area contributed by atoms with E-state index >= 15 is 0 Å². The number of nitrogens with one attached hydrogen (secondary N) is 2. The van der Waals surface area contributed by atoms with Crippen molar-refractivity contribution in [2.75, 3.05) is 40.9 Å². The van der Waals surface area contributed by atoms with E-state index in [-0.39, 0.29) is 41.8 Å². The molecule has 0 amide bonds. The van der Waals surface area contributed by atoms with E-state index in [0.29, 0.717) is 11.8 Å². The van der Waals surface area contributed by atoms with E-state index in [4.69, 9.17) is 9.47 Å². The number of nitrogens with zero attached hydrogens (tertiary/aromatic N) is 2. The van der Waals surface area contributed by atoms with Crippen LogP contribution in [0, 0.1) is 23.7 Å². The van der Waals surface area contributed by atoms with Crippen LogP contribution in [-0.2, 0) is 37.3 Å².